The van der Waals surface area contributed by atoms with Crippen LogP contribution in [0, 0.1) is 0 Å². The van der Waals surface area contributed by atoms with Crippen LogP contribution in [0.3, 0.4) is 0 Å². The van der Waals surface area contributed by atoms with Crippen molar-refractivity contribution in [1.82, 2.24) is 10.2 Å². The molecule has 13 heavy (non-hydrogen) atoms. The van der Waals surface area contributed by atoms with Crippen molar-refractivity contribution in [2.45, 2.75) is 18.2 Å². The van der Waals surface area contributed by atoms with Gasteiger partial charge in [0.15, 0.2) is 0 Å². The van der Waals surface area contributed by atoms with Crippen molar-refractivity contribution < 1.29 is 9.53 Å². The minimum atomic E-state index is -0.360. The van der Waals surface area contributed by atoms with E-state index >= 15 is 0 Å². The minimum Gasteiger partial charge on any atom is -0.461 e. The molecular weight excluding hydrogens is 236 g/mol. The molecule has 0 radical (unpaired) electrons. The van der Waals surface area contributed by atoms with E-state index in [9.17, 15) is 4.79 Å². The zero-order chi connectivity index (χ0) is 9.90. The van der Waals surface area contributed by atoms with Gasteiger partial charge in [0.05, 0.1) is 16.1 Å². The second kappa shape index (κ2) is 3.91. The molecule has 0 saturated carbocycles. The number of nitrogens with one attached hydrogen (secondary N) is 1. The third kappa shape index (κ3) is 3.59. The molecule has 0 atom stereocenters. The molecule has 0 amide bonds. The van der Waals surface area contributed by atoms with Crippen LogP contribution in [0.4, 0.5) is 0 Å². The molecular formula is C8H11BrN2O2. The zero-order valence-corrected chi connectivity index (χ0v) is 9.09. The standard InChI is InChI=1S/C8H11BrN2O2/c1-8(2,9)5-13-7(12)6-3-10-11-4-6/h3-4H,5H2,1-2H3,(H,10,11). The van der Waals surface area contributed by atoms with Gasteiger partial charge in [0, 0.05) is 6.20 Å². The van der Waals surface area contributed by atoms with E-state index in [1.807, 2.05) is 13.8 Å². The predicted octanol–water partition coefficient (Wildman–Crippen LogP) is 1.74. The van der Waals surface area contributed by atoms with Gasteiger partial charge in [0.25, 0.3) is 0 Å². The number of hydrogen-bond acceptors (Lipinski definition) is 3. The quantitative estimate of drug-likeness (QED) is 0.653. The number of hydrogen-bond donors (Lipinski definition) is 1. The number of esters is 1. The highest BCUT2D eigenvalue weighted by atomic mass is 79.9. The Balaban J connectivity index is 2.44. The molecule has 1 heterocycles. The summed E-state index contributed by atoms with van der Waals surface area (Å²) in [6.45, 7) is 4.18. The van der Waals surface area contributed by atoms with E-state index in [-0.39, 0.29) is 10.3 Å². The van der Waals surface area contributed by atoms with E-state index in [1.165, 1.54) is 12.4 Å². The van der Waals surface area contributed by atoms with Crippen molar-refractivity contribution >= 4 is 21.9 Å². The van der Waals surface area contributed by atoms with E-state index in [1.54, 1.807) is 0 Å². The predicted molar refractivity (Wildman–Crippen MR) is 51.9 cm³/mol. The molecule has 0 aliphatic heterocycles. The van der Waals surface area contributed by atoms with Crippen LogP contribution in [0.25, 0.3) is 0 Å². The van der Waals surface area contributed by atoms with Gasteiger partial charge in [-0.1, -0.05) is 15.9 Å². The number of alkyl halides is 1. The number of carbonyl (C=O) groups is 1. The largest absolute Gasteiger partial charge is 0.461 e. The monoisotopic (exact) mass is 246 g/mol. The number of halogens is 1. The van der Waals surface area contributed by atoms with Crippen LogP contribution in [0.15, 0.2) is 12.4 Å². The summed E-state index contributed by atoms with van der Waals surface area (Å²) >= 11 is 3.37. The first-order valence-electron chi connectivity index (χ1n) is 3.84. The van der Waals surface area contributed by atoms with Gasteiger partial charge in [-0.3, -0.25) is 5.10 Å². The van der Waals surface area contributed by atoms with Gasteiger partial charge >= 0.3 is 5.97 Å². The molecule has 5 heteroatoms. The molecule has 0 saturated heterocycles. The van der Waals surface area contributed by atoms with Crippen LogP contribution in [0.2, 0.25) is 0 Å². The van der Waals surface area contributed by atoms with E-state index in [0.29, 0.717) is 12.2 Å². The lowest BCUT2D eigenvalue weighted by atomic mass is 10.2. The van der Waals surface area contributed by atoms with E-state index in [2.05, 4.69) is 26.1 Å². The number of aromatic nitrogens is 2. The normalized spacial score (nSPS) is 11.3. The summed E-state index contributed by atoms with van der Waals surface area (Å²) in [6, 6.07) is 0. The molecule has 0 spiro atoms. The maximum Gasteiger partial charge on any atom is 0.341 e. The molecule has 1 aromatic rings. The highest BCUT2D eigenvalue weighted by Crippen LogP contribution is 2.16. The van der Waals surface area contributed by atoms with Crippen molar-refractivity contribution in [3.05, 3.63) is 18.0 Å². The zero-order valence-electron chi connectivity index (χ0n) is 7.50. The Morgan fingerprint density at radius 3 is 2.92 bits per heavy atom. The fraction of sp³-hybridized carbons (Fsp3) is 0.500. The average molecular weight is 247 g/mol. The highest BCUT2D eigenvalue weighted by molar-refractivity contribution is 9.10. The van der Waals surface area contributed by atoms with Gasteiger partial charge < -0.3 is 4.74 Å². The van der Waals surface area contributed by atoms with Gasteiger partial charge in [-0.15, -0.1) is 0 Å². The molecule has 0 aromatic carbocycles. The fourth-order valence-electron chi connectivity index (χ4n) is 0.683. The van der Waals surface area contributed by atoms with E-state index in [4.69, 9.17) is 4.74 Å². The molecule has 0 unspecified atom stereocenters. The number of carbonyl (C=O) groups excluding carboxylic acids is 1. The van der Waals surface area contributed by atoms with E-state index < -0.39 is 0 Å². The first-order valence-corrected chi connectivity index (χ1v) is 4.63. The first-order chi connectivity index (χ1) is 5.99. The Labute approximate surface area is 84.8 Å². The summed E-state index contributed by atoms with van der Waals surface area (Å²) in [7, 11) is 0. The minimum absolute atomic E-state index is 0.188. The summed E-state index contributed by atoms with van der Waals surface area (Å²) in [5.74, 6) is -0.360. The molecule has 4 nitrogen and oxygen atoms in total. The molecule has 0 aliphatic rings. The third-order valence-corrected chi connectivity index (χ3v) is 1.51. The second-order valence-electron chi connectivity index (χ2n) is 3.28. The Bertz CT molecular complexity index is 277. The third-order valence-electron chi connectivity index (χ3n) is 1.28. The lowest BCUT2D eigenvalue weighted by Crippen LogP contribution is -2.21. The van der Waals surface area contributed by atoms with Gasteiger partial charge in [0.2, 0.25) is 0 Å². The molecule has 0 aliphatic carbocycles. The average Bonchev–Trinajstić information content (AvgIpc) is 2.50. The van der Waals surface area contributed by atoms with Crippen LogP contribution < -0.4 is 0 Å². The van der Waals surface area contributed by atoms with Gasteiger partial charge in [-0.2, -0.15) is 5.10 Å². The van der Waals surface area contributed by atoms with Gasteiger partial charge in [0.1, 0.15) is 6.61 Å². The first kappa shape index (κ1) is 10.2. The number of H-pyrrole nitrogens is 1. The van der Waals surface area contributed by atoms with Crippen molar-refractivity contribution in [3.63, 3.8) is 0 Å². The Kier molecular flexibility index (Phi) is 3.08. The van der Waals surface area contributed by atoms with Crippen LogP contribution in [-0.2, 0) is 4.74 Å². The molecule has 0 fully saturated rings. The Morgan fingerprint density at radius 1 is 1.77 bits per heavy atom. The molecule has 1 aromatic heterocycles. The molecule has 1 rings (SSSR count). The maximum atomic E-state index is 11.2. The smallest absolute Gasteiger partial charge is 0.341 e. The highest BCUT2D eigenvalue weighted by Gasteiger charge is 2.16. The molecule has 1 N–H and O–H groups in total. The number of ether oxygens (including phenoxy) is 1. The van der Waals surface area contributed by atoms with Crippen molar-refractivity contribution in [1.29, 1.82) is 0 Å². The summed E-state index contributed by atoms with van der Waals surface area (Å²) < 4.78 is 4.82. The van der Waals surface area contributed by atoms with Crippen LogP contribution in [0.1, 0.15) is 24.2 Å². The van der Waals surface area contributed by atoms with Crippen LogP contribution in [-0.4, -0.2) is 27.1 Å². The molecule has 72 valence electrons. The van der Waals surface area contributed by atoms with Crippen molar-refractivity contribution in [3.8, 4) is 0 Å². The number of aromatic amines is 1. The molecule has 0 bridgehead atoms. The lowest BCUT2D eigenvalue weighted by molar-refractivity contribution is 0.0481. The lowest BCUT2D eigenvalue weighted by Gasteiger charge is -2.15. The Morgan fingerprint density at radius 2 is 2.46 bits per heavy atom. The fourth-order valence-corrected chi connectivity index (χ4v) is 0.797. The van der Waals surface area contributed by atoms with Gasteiger partial charge in [-0.25, -0.2) is 4.79 Å². The number of rotatable bonds is 3. The summed E-state index contributed by atoms with van der Waals surface area (Å²) in [4.78, 5) is 11.2. The van der Waals surface area contributed by atoms with Gasteiger partial charge in [-0.05, 0) is 13.8 Å². The summed E-state index contributed by atoms with van der Waals surface area (Å²) in [6.07, 6.45) is 2.94. The number of nitrogens with zero attached hydrogens (tertiary/aromatic N) is 1. The van der Waals surface area contributed by atoms with Crippen LogP contribution in [0.5, 0.6) is 0 Å². The van der Waals surface area contributed by atoms with Crippen molar-refractivity contribution in [2.75, 3.05) is 6.61 Å². The summed E-state index contributed by atoms with van der Waals surface area (Å²) in [5.41, 5.74) is 0.441. The van der Waals surface area contributed by atoms with E-state index in [0.717, 1.165) is 0 Å². The Hall–Kier alpha value is -0.840. The SMILES string of the molecule is CC(C)(Br)COC(=O)c1cn[nH]c1. The van der Waals surface area contributed by atoms with Crippen molar-refractivity contribution in [2.24, 2.45) is 0 Å². The van der Waals surface area contributed by atoms with Crippen LogP contribution >= 0.6 is 15.9 Å². The maximum absolute atomic E-state index is 11.2. The second-order valence-corrected chi connectivity index (χ2v) is 5.43. The topological polar surface area (TPSA) is 55.0 Å². The summed E-state index contributed by atoms with van der Waals surface area (Å²) in [5, 5.41) is 6.20.